The Hall–Kier alpha value is -2.34. The number of hydrogen-bond donors (Lipinski definition) is 0. The highest BCUT2D eigenvalue weighted by molar-refractivity contribution is 9.11. The van der Waals surface area contributed by atoms with Crippen LogP contribution in [0.25, 0.3) is 6.08 Å². The SMILES string of the molecule is CCOC(=O)C1=C(C)N=c2s/c(=C\c3cc(Br)c(OCc4ccc(Cl)cc4Cl)c(Br)c3)c(=O)n2[C@@H]1c1ccc(SC)cc1. The number of esters is 1. The summed E-state index contributed by atoms with van der Waals surface area (Å²) in [4.78, 5) is 33.3. The van der Waals surface area contributed by atoms with Crippen molar-refractivity contribution in [3.05, 3.63) is 121 Å². The molecule has 43 heavy (non-hydrogen) atoms. The average Bonchev–Trinajstić information content (AvgIpc) is 3.26. The van der Waals surface area contributed by atoms with Crippen LogP contribution < -0.4 is 19.6 Å². The molecule has 0 spiro atoms. The summed E-state index contributed by atoms with van der Waals surface area (Å²) in [6.45, 7) is 3.99. The maximum absolute atomic E-state index is 13.9. The molecule has 1 atom stereocenters. The largest absolute Gasteiger partial charge is 0.486 e. The van der Waals surface area contributed by atoms with E-state index in [0.717, 1.165) is 21.6 Å². The Morgan fingerprint density at radius 1 is 1.12 bits per heavy atom. The third kappa shape index (κ3) is 6.84. The van der Waals surface area contributed by atoms with Gasteiger partial charge in [0.1, 0.15) is 12.4 Å². The third-order valence-corrected chi connectivity index (χ3v) is 10.1. The summed E-state index contributed by atoms with van der Waals surface area (Å²) in [5, 5.41) is 1.07. The summed E-state index contributed by atoms with van der Waals surface area (Å²) in [6.07, 6.45) is 3.80. The summed E-state index contributed by atoms with van der Waals surface area (Å²) in [6, 6.07) is 16.2. The molecule has 6 nitrogen and oxygen atoms in total. The minimum atomic E-state index is -0.665. The molecular formula is C31H24Br2Cl2N2O4S2. The molecule has 0 radical (unpaired) electrons. The van der Waals surface area contributed by atoms with Crippen LogP contribution in [0.5, 0.6) is 5.75 Å². The number of benzene rings is 3. The average molecular weight is 783 g/mol. The van der Waals surface area contributed by atoms with E-state index in [0.29, 0.717) is 45.3 Å². The Kier molecular flexibility index (Phi) is 10.3. The van der Waals surface area contributed by atoms with Gasteiger partial charge in [-0.2, -0.15) is 0 Å². The topological polar surface area (TPSA) is 69.9 Å². The molecule has 0 N–H and O–H groups in total. The van der Waals surface area contributed by atoms with Crippen LogP contribution in [0.15, 0.2) is 89.5 Å². The number of carbonyl (C=O) groups is 1. The number of rotatable bonds is 8. The van der Waals surface area contributed by atoms with Crippen molar-refractivity contribution in [1.82, 2.24) is 4.57 Å². The smallest absolute Gasteiger partial charge is 0.338 e. The van der Waals surface area contributed by atoms with Crippen molar-refractivity contribution >= 4 is 90.2 Å². The fourth-order valence-electron chi connectivity index (χ4n) is 4.63. The molecule has 222 valence electrons. The first-order valence-corrected chi connectivity index (χ1v) is 17.4. The predicted molar refractivity (Wildman–Crippen MR) is 181 cm³/mol. The fraction of sp³-hybridized carbons (Fsp3) is 0.194. The Labute approximate surface area is 283 Å². The third-order valence-electron chi connectivity index (χ3n) is 6.65. The van der Waals surface area contributed by atoms with Crippen molar-refractivity contribution in [3.8, 4) is 5.75 Å². The normalized spacial score (nSPS) is 14.9. The van der Waals surface area contributed by atoms with E-state index >= 15 is 0 Å². The molecule has 0 bridgehead atoms. The van der Waals surface area contributed by atoms with Gasteiger partial charge in [0.15, 0.2) is 4.80 Å². The van der Waals surface area contributed by atoms with E-state index in [-0.39, 0.29) is 18.8 Å². The lowest BCUT2D eigenvalue weighted by atomic mass is 9.96. The van der Waals surface area contributed by atoms with Crippen molar-refractivity contribution in [1.29, 1.82) is 0 Å². The highest BCUT2D eigenvalue weighted by atomic mass is 79.9. The molecular weight excluding hydrogens is 759 g/mol. The first-order valence-electron chi connectivity index (χ1n) is 13.0. The summed E-state index contributed by atoms with van der Waals surface area (Å²) >= 11 is 22.4. The van der Waals surface area contributed by atoms with Gasteiger partial charge in [0.2, 0.25) is 0 Å². The first kappa shape index (κ1) is 32.1. The predicted octanol–water partition coefficient (Wildman–Crippen LogP) is 7.93. The Morgan fingerprint density at radius 2 is 1.81 bits per heavy atom. The number of thiazole rings is 1. The maximum atomic E-state index is 13.9. The van der Waals surface area contributed by atoms with Gasteiger partial charge in [-0.3, -0.25) is 9.36 Å². The van der Waals surface area contributed by atoms with Gasteiger partial charge >= 0.3 is 5.97 Å². The van der Waals surface area contributed by atoms with Crippen LogP contribution in [0.1, 0.15) is 36.6 Å². The lowest BCUT2D eigenvalue weighted by molar-refractivity contribution is -0.139. The molecule has 4 aromatic rings. The Bertz CT molecular complexity index is 1920. The van der Waals surface area contributed by atoms with Crippen molar-refractivity contribution in [3.63, 3.8) is 0 Å². The number of nitrogens with zero attached hydrogens (tertiary/aromatic N) is 2. The molecule has 0 aliphatic carbocycles. The number of hydrogen-bond acceptors (Lipinski definition) is 7. The number of ether oxygens (including phenoxy) is 2. The zero-order valence-corrected chi connectivity index (χ0v) is 29.4. The lowest BCUT2D eigenvalue weighted by Gasteiger charge is -2.24. The van der Waals surface area contributed by atoms with Crippen LogP contribution in [0.2, 0.25) is 10.0 Å². The highest BCUT2D eigenvalue weighted by Gasteiger charge is 2.33. The summed E-state index contributed by atoms with van der Waals surface area (Å²) < 4.78 is 14.9. The zero-order chi connectivity index (χ0) is 30.8. The van der Waals surface area contributed by atoms with Gasteiger partial charge < -0.3 is 9.47 Å². The molecule has 1 aliphatic heterocycles. The Morgan fingerprint density at radius 3 is 2.44 bits per heavy atom. The molecule has 0 unspecified atom stereocenters. The van der Waals surface area contributed by atoms with Crippen molar-refractivity contribution in [2.45, 2.75) is 31.4 Å². The molecule has 12 heteroatoms. The molecule has 0 fully saturated rings. The molecule has 0 amide bonds. The molecule has 3 aromatic carbocycles. The van der Waals surface area contributed by atoms with E-state index < -0.39 is 12.0 Å². The van der Waals surface area contributed by atoms with E-state index in [1.807, 2.05) is 48.7 Å². The van der Waals surface area contributed by atoms with Crippen LogP contribution in [0.3, 0.4) is 0 Å². The number of carbonyl (C=O) groups excluding carboxylic acids is 1. The van der Waals surface area contributed by atoms with Gasteiger partial charge in [0.05, 0.1) is 37.4 Å². The minimum Gasteiger partial charge on any atom is -0.486 e. The summed E-state index contributed by atoms with van der Waals surface area (Å²) in [5.41, 5.74) is 2.99. The van der Waals surface area contributed by atoms with Crippen molar-refractivity contribution < 1.29 is 14.3 Å². The van der Waals surface area contributed by atoms with Gasteiger partial charge in [0, 0.05) is 20.5 Å². The second-order valence-corrected chi connectivity index (χ2v) is 13.9. The monoisotopic (exact) mass is 780 g/mol. The highest BCUT2D eigenvalue weighted by Crippen LogP contribution is 2.36. The van der Waals surface area contributed by atoms with Crippen molar-refractivity contribution in [2.24, 2.45) is 4.99 Å². The van der Waals surface area contributed by atoms with E-state index in [1.54, 1.807) is 48.4 Å². The number of thioether (sulfide) groups is 1. The molecule has 0 saturated heterocycles. The van der Waals surface area contributed by atoms with E-state index in [1.165, 1.54) is 11.3 Å². The maximum Gasteiger partial charge on any atom is 0.338 e. The minimum absolute atomic E-state index is 0.217. The molecule has 1 aliphatic rings. The number of halogens is 4. The molecule has 2 heterocycles. The van der Waals surface area contributed by atoms with E-state index in [4.69, 9.17) is 32.7 Å². The number of allylic oxidation sites excluding steroid dienone is 1. The van der Waals surface area contributed by atoms with Crippen LogP contribution in [-0.4, -0.2) is 23.4 Å². The van der Waals surface area contributed by atoms with Crippen LogP contribution in [0.4, 0.5) is 0 Å². The standard InChI is InChI=1S/C31H24Br2Cl2N2O4S2/c1-4-40-30(39)26-16(2)36-31-37(27(26)18-6-9-21(42-3)10-7-18)29(38)25(43-31)13-17-11-22(32)28(23(33)12-17)41-15-19-5-8-20(34)14-24(19)35/h5-14,27H,4,15H2,1-3H3/b25-13-/t27-/m1/s1. The zero-order valence-electron chi connectivity index (χ0n) is 23.1. The lowest BCUT2D eigenvalue weighted by Crippen LogP contribution is -2.39. The molecule has 5 rings (SSSR count). The number of fused-ring (bicyclic) bond motifs is 1. The summed E-state index contributed by atoms with van der Waals surface area (Å²) in [5.74, 6) is 0.105. The van der Waals surface area contributed by atoms with Gasteiger partial charge in [-0.05, 0) is 106 Å². The molecule has 0 saturated carbocycles. The summed E-state index contributed by atoms with van der Waals surface area (Å²) in [7, 11) is 0. The fourth-order valence-corrected chi connectivity index (χ4v) is 8.00. The van der Waals surface area contributed by atoms with E-state index in [9.17, 15) is 9.59 Å². The Balaban J connectivity index is 1.54. The van der Waals surface area contributed by atoms with Gasteiger partial charge in [0.25, 0.3) is 5.56 Å². The van der Waals surface area contributed by atoms with Crippen LogP contribution in [-0.2, 0) is 16.1 Å². The van der Waals surface area contributed by atoms with Gasteiger partial charge in [-0.25, -0.2) is 9.79 Å². The van der Waals surface area contributed by atoms with Gasteiger partial charge in [-0.1, -0.05) is 52.7 Å². The second-order valence-electron chi connectivity index (χ2n) is 9.41. The second kappa shape index (κ2) is 13.7. The quantitative estimate of drug-likeness (QED) is 0.134. The number of aromatic nitrogens is 1. The van der Waals surface area contributed by atoms with Crippen LogP contribution in [0, 0.1) is 0 Å². The van der Waals surface area contributed by atoms with Crippen molar-refractivity contribution in [2.75, 3.05) is 12.9 Å². The first-order chi connectivity index (χ1) is 20.6. The molecule has 1 aromatic heterocycles. The van der Waals surface area contributed by atoms with Crippen LogP contribution >= 0.6 is 78.2 Å². The van der Waals surface area contributed by atoms with Gasteiger partial charge in [-0.15, -0.1) is 11.8 Å². The van der Waals surface area contributed by atoms with E-state index in [2.05, 4.69) is 36.9 Å².